The van der Waals surface area contributed by atoms with E-state index in [0.717, 1.165) is 15.7 Å². The molecule has 0 aromatic heterocycles. The number of halogens is 1. The van der Waals surface area contributed by atoms with E-state index in [4.69, 9.17) is 0 Å². The van der Waals surface area contributed by atoms with Crippen LogP contribution in [0.4, 0.5) is 5.69 Å². The summed E-state index contributed by atoms with van der Waals surface area (Å²) in [6.45, 7) is 0.916. The number of benzene rings is 2. The minimum atomic E-state index is 0.0665. The normalized spacial score (nSPS) is 10.1. The number of nitrogens with one attached hydrogen (secondary N) is 1. The van der Waals surface area contributed by atoms with Crippen molar-refractivity contribution in [2.24, 2.45) is 0 Å². The number of likely N-dealkylation sites (N-methyl/N-ethyl adjacent to an activating group) is 1. The Balaban J connectivity index is 1.84. The van der Waals surface area contributed by atoms with E-state index < -0.39 is 0 Å². The van der Waals surface area contributed by atoms with Crippen LogP contribution in [0.25, 0.3) is 0 Å². The van der Waals surface area contributed by atoms with Crippen LogP contribution in [0, 0.1) is 0 Å². The Morgan fingerprint density at radius 1 is 1.10 bits per heavy atom. The molecule has 0 bridgehead atoms. The zero-order valence-electron chi connectivity index (χ0n) is 11.3. The van der Waals surface area contributed by atoms with Crippen molar-refractivity contribution in [3.05, 3.63) is 64.6 Å². The zero-order valence-corrected chi connectivity index (χ0v) is 12.9. The molecule has 104 valence electrons. The fourth-order valence-corrected chi connectivity index (χ4v) is 2.08. The van der Waals surface area contributed by atoms with Crippen molar-refractivity contribution in [1.82, 2.24) is 4.90 Å². The molecule has 4 heteroatoms. The summed E-state index contributed by atoms with van der Waals surface area (Å²) < 4.78 is 1.04. The predicted molar refractivity (Wildman–Crippen MR) is 85.5 cm³/mol. The first-order valence-corrected chi connectivity index (χ1v) is 7.22. The summed E-state index contributed by atoms with van der Waals surface area (Å²) in [6, 6.07) is 17.7. The predicted octanol–water partition coefficient (Wildman–Crippen LogP) is 3.52. The van der Waals surface area contributed by atoms with E-state index >= 15 is 0 Å². The summed E-state index contributed by atoms with van der Waals surface area (Å²) in [6.07, 6.45) is 0. The van der Waals surface area contributed by atoms with E-state index in [1.54, 1.807) is 4.90 Å². The molecule has 3 nitrogen and oxygen atoms in total. The van der Waals surface area contributed by atoms with Crippen molar-refractivity contribution in [3.8, 4) is 0 Å². The van der Waals surface area contributed by atoms with Gasteiger partial charge in [0.05, 0.1) is 6.54 Å². The lowest BCUT2D eigenvalue weighted by Crippen LogP contribution is -2.31. The maximum absolute atomic E-state index is 12.0. The Hall–Kier alpha value is -1.81. The molecule has 0 aliphatic heterocycles. The van der Waals surface area contributed by atoms with Gasteiger partial charge in [0, 0.05) is 23.8 Å². The molecule has 2 aromatic carbocycles. The minimum absolute atomic E-state index is 0.0665. The van der Waals surface area contributed by atoms with Gasteiger partial charge in [-0.05, 0) is 29.8 Å². The quantitative estimate of drug-likeness (QED) is 0.908. The molecule has 0 fully saturated rings. The van der Waals surface area contributed by atoms with Gasteiger partial charge in [-0.15, -0.1) is 0 Å². The van der Waals surface area contributed by atoms with Crippen LogP contribution >= 0.6 is 15.9 Å². The number of rotatable bonds is 5. The molecule has 0 spiro atoms. The van der Waals surface area contributed by atoms with E-state index in [9.17, 15) is 4.79 Å². The number of para-hydroxylation sites is 1. The molecule has 0 aliphatic rings. The lowest BCUT2D eigenvalue weighted by Gasteiger charge is -2.18. The standard InChI is InChI=1S/C16H17BrN2O/c1-19(12-13-7-9-14(17)10-8-13)16(20)11-18-15-5-3-2-4-6-15/h2-10,18H,11-12H2,1H3. The second kappa shape index (κ2) is 7.10. The molecule has 2 aromatic rings. The fraction of sp³-hybridized carbons (Fsp3) is 0.188. The molecule has 0 atom stereocenters. The van der Waals surface area contributed by atoms with Crippen LogP contribution in [0.15, 0.2) is 59.1 Å². The van der Waals surface area contributed by atoms with Gasteiger partial charge in [0.15, 0.2) is 0 Å². The van der Waals surface area contributed by atoms with E-state index in [-0.39, 0.29) is 5.91 Å². The van der Waals surface area contributed by atoms with Gasteiger partial charge in [0.2, 0.25) is 5.91 Å². The monoisotopic (exact) mass is 332 g/mol. The van der Waals surface area contributed by atoms with Crippen molar-refractivity contribution >= 4 is 27.5 Å². The average molecular weight is 333 g/mol. The first-order valence-electron chi connectivity index (χ1n) is 6.42. The Bertz CT molecular complexity index is 554. The van der Waals surface area contributed by atoms with Crippen molar-refractivity contribution < 1.29 is 4.79 Å². The smallest absolute Gasteiger partial charge is 0.241 e. The van der Waals surface area contributed by atoms with Gasteiger partial charge in [-0.2, -0.15) is 0 Å². The zero-order chi connectivity index (χ0) is 14.4. The van der Waals surface area contributed by atoms with Gasteiger partial charge in [-0.1, -0.05) is 46.3 Å². The largest absolute Gasteiger partial charge is 0.376 e. The van der Waals surface area contributed by atoms with Gasteiger partial charge in [-0.3, -0.25) is 4.79 Å². The van der Waals surface area contributed by atoms with Crippen molar-refractivity contribution in [3.63, 3.8) is 0 Å². The molecule has 20 heavy (non-hydrogen) atoms. The highest BCUT2D eigenvalue weighted by atomic mass is 79.9. The highest BCUT2D eigenvalue weighted by molar-refractivity contribution is 9.10. The van der Waals surface area contributed by atoms with Gasteiger partial charge in [0.1, 0.15) is 0 Å². The van der Waals surface area contributed by atoms with Crippen molar-refractivity contribution in [2.75, 3.05) is 18.9 Å². The molecule has 0 saturated carbocycles. The molecule has 0 unspecified atom stereocenters. The maximum atomic E-state index is 12.0. The molecule has 0 radical (unpaired) electrons. The molecule has 2 rings (SSSR count). The highest BCUT2D eigenvalue weighted by Gasteiger charge is 2.08. The highest BCUT2D eigenvalue weighted by Crippen LogP contribution is 2.12. The fourth-order valence-electron chi connectivity index (χ4n) is 1.82. The van der Waals surface area contributed by atoms with Crippen LogP contribution in [0.1, 0.15) is 5.56 Å². The number of hydrogen-bond acceptors (Lipinski definition) is 2. The molecular weight excluding hydrogens is 316 g/mol. The molecular formula is C16H17BrN2O. The van der Waals surface area contributed by atoms with E-state index in [0.29, 0.717) is 13.1 Å². The first-order chi connectivity index (χ1) is 9.65. The van der Waals surface area contributed by atoms with Crippen LogP contribution in [0.5, 0.6) is 0 Å². The summed E-state index contributed by atoms with van der Waals surface area (Å²) in [5, 5.41) is 3.12. The number of hydrogen-bond donors (Lipinski definition) is 1. The first kappa shape index (κ1) is 14.6. The van der Waals surface area contributed by atoms with Crippen LogP contribution in [0.3, 0.4) is 0 Å². The van der Waals surface area contributed by atoms with Gasteiger partial charge < -0.3 is 10.2 Å². The molecule has 0 aliphatic carbocycles. The summed E-state index contributed by atoms with van der Waals surface area (Å²) in [4.78, 5) is 13.8. The third-order valence-electron chi connectivity index (χ3n) is 2.98. The third-order valence-corrected chi connectivity index (χ3v) is 3.50. The summed E-state index contributed by atoms with van der Waals surface area (Å²) in [5.74, 6) is 0.0665. The SMILES string of the molecule is CN(Cc1ccc(Br)cc1)C(=O)CNc1ccccc1. The Morgan fingerprint density at radius 2 is 1.75 bits per heavy atom. The topological polar surface area (TPSA) is 32.3 Å². The molecule has 0 saturated heterocycles. The average Bonchev–Trinajstić information content (AvgIpc) is 2.48. The lowest BCUT2D eigenvalue weighted by molar-refractivity contribution is -0.128. The Labute approximate surface area is 127 Å². The number of amides is 1. The van der Waals surface area contributed by atoms with Gasteiger partial charge in [0.25, 0.3) is 0 Å². The van der Waals surface area contributed by atoms with Crippen molar-refractivity contribution in [1.29, 1.82) is 0 Å². The van der Waals surface area contributed by atoms with E-state index in [1.807, 2.05) is 61.6 Å². The van der Waals surface area contributed by atoms with Gasteiger partial charge in [-0.25, -0.2) is 0 Å². The number of carbonyl (C=O) groups excluding carboxylic acids is 1. The summed E-state index contributed by atoms with van der Waals surface area (Å²) in [5.41, 5.74) is 2.07. The second-order valence-electron chi connectivity index (χ2n) is 4.60. The van der Waals surface area contributed by atoms with Crippen LogP contribution in [0.2, 0.25) is 0 Å². The van der Waals surface area contributed by atoms with Gasteiger partial charge >= 0.3 is 0 Å². The van der Waals surface area contributed by atoms with Crippen LogP contribution in [-0.2, 0) is 11.3 Å². The number of nitrogens with zero attached hydrogens (tertiary/aromatic N) is 1. The third kappa shape index (κ3) is 4.38. The van der Waals surface area contributed by atoms with E-state index in [2.05, 4.69) is 21.2 Å². The maximum Gasteiger partial charge on any atom is 0.241 e. The Kier molecular flexibility index (Phi) is 5.18. The lowest BCUT2D eigenvalue weighted by atomic mass is 10.2. The van der Waals surface area contributed by atoms with E-state index in [1.165, 1.54) is 0 Å². The molecule has 1 amide bonds. The van der Waals surface area contributed by atoms with Crippen LogP contribution in [-0.4, -0.2) is 24.4 Å². The molecule has 1 N–H and O–H groups in total. The summed E-state index contributed by atoms with van der Waals surface area (Å²) >= 11 is 3.40. The molecule has 0 heterocycles. The number of carbonyl (C=O) groups is 1. The number of anilines is 1. The Morgan fingerprint density at radius 3 is 2.40 bits per heavy atom. The second-order valence-corrected chi connectivity index (χ2v) is 5.51. The minimum Gasteiger partial charge on any atom is -0.376 e. The van der Waals surface area contributed by atoms with Crippen LogP contribution < -0.4 is 5.32 Å². The summed E-state index contributed by atoms with van der Waals surface area (Å²) in [7, 11) is 1.82. The van der Waals surface area contributed by atoms with Crippen molar-refractivity contribution in [2.45, 2.75) is 6.54 Å².